The second-order valence-electron chi connectivity index (χ2n) is 6.82. The molecule has 1 aliphatic rings. The van der Waals surface area contributed by atoms with Crippen molar-refractivity contribution in [3.63, 3.8) is 0 Å². The van der Waals surface area contributed by atoms with Crippen LogP contribution in [0.2, 0.25) is 0 Å². The summed E-state index contributed by atoms with van der Waals surface area (Å²) in [6.07, 6.45) is 4.98. The zero-order valence-electron chi connectivity index (χ0n) is 15.3. The number of rotatable bonds is 5. The van der Waals surface area contributed by atoms with Gasteiger partial charge in [0.05, 0.1) is 5.56 Å². The van der Waals surface area contributed by atoms with E-state index in [1.54, 1.807) is 12.4 Å². The standard InChI is InChI=1S/C22H22N4O/c1-16-13-18-9-5-6-10-20(18)26(16)22-24-14-19(15-25-22)21(27)23-12-11-17-7-3-2-4-8-17/h2-10,14-16H,11-13H2,1H3,(H,23,27). The smallest absolute Gasteiger partial charge is 0.254 e. The molecule has 0 fully saturated rings. The Morgan fingerprint density at radius 1 is 1.07 bits per heavy atom. The van der Waals surface area contributed by atoms with Crippen molar-refractivity contribution in [1.82, 2.24) is 15.3 Å². The van der Waals surface area contributed by atoms with Crippen molar-refractivity contribution >= 4 is 17.5 Å². The molecule has 27 heavy (non-hydrogen) atoms. The van der Waals surface area contributed by atoms with Gasteiger partial charge < -0.3 is 10.2 Å². The van der Waals surface area contributed by atoms with Gasteiger partial charge in [0.2, 0.25) is 5.95 Å². The molecular weight excluding hydrogens is 336 g/mol. The van der Waals surface area contributed by atoms with E-state index in [2.05, 4.69) is 57.4 Å². The largest absolute Gasteiger partial charge is 0.352 e. The number of hydrogen-bond acceptors (Lipinski definition) is 4. The maximum atomic E-state index is 12.3. The molecule has 0 saturated carbocycles. The Labute approximate surface area is 159 Å². The van der Waals surface area contributed by atoms with E-state index in [4.69, 9.17) is 0 Å². The number of aromatic nitrogens is 2. The minimum absolute atomic E-state index is 0.146. The maximum absolute atomic E-state index is 12.3. The number of nitrogens with zero attached hydrogens (tertiary/aromatic N) is 3. The van der Waals surface area contributed by atoms with Gasteiger partial charge in [0.15, 0.2) is 0 Å². The Hall–Kier alpha value is -3.21. The predicted octanol–water partition coefficient (Wildman–Crippen LogP) is 3.53. The van der Waals surface area contributed by atoms with E-state index >= 15 is 0 Å². The number of carbonyl (C=O) groups is 1. The highest BCUT2D eigenvalue weighted by molar-refractivity contribution is 5.93. The zero-order chi connectivity index (χ0) is 18.6. The van der Waals surface area contributed by atoms with Crippen LogP contribution in [0.5, 0.6) is 0 Å². The van der Waals surface area contributed by atoms with E-state index in [1.165, 1.54) is 11.1 Å². The molecule has 5 heteroatoms. The van der Waals surface area contributed by atoms with Gasteiger partial charge in [0, 0.05) is 30.7 Å². The molecular formula is C22H22N4O. The molecule has 1 unspecified atom stereocenters. The fourth-order valence-electron chi connectivity index (χ4n) is 3.50. The number of fused-ring (bicyclic) bond motifs is 1. The summed E-state index contributed by atoms with van der Waals surface area (Å²) in [7, 11) is 0. The van der Waals surface area contributed by atoms with Gasteiger partial charge in [-0.2, -0.15) is 0 Å². The fraction of sp³-hybridized carbons (Fsp3) is 0.227. The van der Waals surface area contributed by atoms with Crippen molar-refractivity contribution in [2.75, 3.05) is 11.4 Å². The van der Waals surface area contributed by atoms with Crippen molar-refractivity contribution < 1.29 is 4.79 Å². The molecule has 2 heterocycles. The van der Waals surface area contributed by atoms with Crippen LogP contribution in [0.25, 0.3) is 0 Å². The van der Waals surface area contributed by atoms with Gasteiger partial charge in [-0.15, -0.1) is 0 Å². The van der Waals surface area contributed by atoms with Crippen LogP contribution in [-0.4, -0.2) is 28.5 Å². The second kappa shape index (κ2) is 7.58. The van der Waals surface area contributed by atoms with Crippen molar-refractivity contribution in [2.24, 2.45) is 0 Å². The van der Waals surface area contributed by atoms with Crippen LogP contribution in [-0.2, 0) is 12.8 Å². The van der Waals surface area contributed by atoms with E-state index < -0.39 is 0 Å². The summed E-state index contributed by atoms with van der Waals surface area (Å²) in [6, 6.07) is 18.7. The summed E-state index contributed by atoms with van der Waals surface area (Å²) in [6.45, 7) is 2.74. The molecule has 1 atom stereocenters. The van der Waals surface area contributed by atoms with Gasteiger partial charge in [0.25, 0.3) is 5.91 Å². The molecule has 1 amide bonds. The zero-order valence-corrected chi connectivity index (χ0v) is 15.3. The van der Waals surface area contributed by atoms with Gasteiger partial charge >= 0.3 is 0 Å². The SMILES string of the molecule is CC1Cc2ccccc2N1c1ncc(C(=O)NCCc2ccccc2)cn1. The van der Waals surface area contributed by atoms with Crippen LogP contribution in [0.3, 0.4) is 0 Å². The maximum Gasteiger partial charge on any atom is 0.254 e. The van der Waals surface area contributed by atoms with Crippen LogP contribution < -0.4 is 10.2 Å². The predicted molar refractivity (Wildman–Crippen MR) is 106 cm³/mol. The third kappa shape index (κ3) is 3.67. The molecule has 1 aliphatic heterocycles. The Morgan fingerprint density at radius 2 is 1.78 bits per heavy atom. The molecule has 3 aromatic rings. The summed E-state index contributed by atoms with van der Waals surface area (Å²) in [5.41, 5.74) is 4.12. The third-order valence-corrected chi connectivity index (χ3v) is 4.87. The van der Waals surface area contributed by atoms with Crippen molar-refractivity contribution in [3.8, 4) is 0 Å². The van der Waals surface area contributed by atoms with Crippen molar-refractivity contribution in [1.29, 1.82) is 0 Å². The molecule has 2 aromatic carbocycles. The van der Waals surface area contributed by atoms with Crippen molar-refractivity contribution in [3.05, 3.63) is 83.7 Å². The van der Waals surface area contributed by atoms with E-state index in [-0.39, 0.29) is 5.91 Å². The van der Waals surface area contributed by atoms with Gasteiger partial charge in [-0.3, -0.25) is 4.79 Å². The van der Waals surface area contributed by atoms with Gasteiger partial charge in [-0.05, 0) is 37.0 Å². The molecule has 0 saturated heterocycles. The molecule has 0 bridgehead atoms. The highest BCUT2D eigenvalue weighted by atomic mass is 16.1. The number of benzene rings is 2. The molecule has 0 aliphatic carbocycles. The Bertz CT molecular complexity index is 925. The second-order valence-corrected chi connectivity index (χ2v) is 6.82. The quantitative estimate of drug-likeness (QED) is 0.758. The fourth-order valence-corrected chi connectivity index (χ4v) is 3.50. The molecule has 0 radical (unpaired) electrons. The van der Waals surface area contributed by atoms with E-state index in [0.29, 0.717) is 24.1 Å². The van der Waals surface area contributed by atoms with E-state index in [0.717, 1.165) is 18.5 Å². The first-order valence-electron chi connectivity index (χ1n) is 9.23. The van der Waals surface area contributed by atoms with E-state index in [1.807, 2.05) is 24.3 Å². The van der Waals surface area contributed by atoms with Gasteiger partial charge in [0.1, 0.15) is 0 Å². The number of carbonyl (C=O) groups excluding carboxylic acids is 1. The lowest BCUT2D eigenvalue weighted by Crippen LogP contribution is -2.28. The van der Waals surface area contributed by atoms with Crippen LogP contribution in [0, 0.1) is 0 Å². The van der Waals surface area contributed by atoms with E-state index in [9.17, 15) is 4.79 Å². The number of hydrogen-bond donors (Lipinski definition) is 1. The first-order chi connectivity index (χ1) is 13.2. The Kier molecular flexibility index (Phi) is 4.83. The minimum Gasteiger partial charge on any atom is -0.352 e. The molecule has 136 valence electrons. The molecule has 5 nitrogen and oxygen atoms in total. The summed E-state index contributed by atoms with van der Waals surface area (Å²) in [5.74, 6) is 0.487. The lowest BCUT2D eigenvalue weighted by Gasteiger charge is -2.22. The first-order valence-corrected chi connectivity index (χ1v) is 9.23. The van der Waals surface area contributed by atoms with Crippen LogP contribution in [0.4, 0.5) is 11.6 Å². The molecule has 0 spiro atoms. The monoisotopic (exact) mass is 358 g/mol. The van der Waals surface area contributed by atoms with Crippen LogP contribution in [0.1, 0.15) is 28.4 Å². The Morgan fingerprint density at radius 3 is 2.56 bits per heavy atom. The summed E-state index contributed by atoms with van der Waals surface area (Å²) >= 11 is 0. The number of anilines is 2. The third-order valence-electron chi connectivity index (χ3n) is 4.87. The lowest BCUT2D eigenvalue weighted by atomic mass is 10.1. The first kappa shape index (κ1) is 17.2. The summed E-state index contributed by atoms with van der Waals surface area (Å²) < 4.78 is 0. The molecule has 4 rings (SSSR count). The number of amides is 1. The normalized spacial score (nSPS) is 15.4. The molecule has 1 N–H and O–H groups in total. The number of nitrogens with one attached hydrogen (secondary N) is 1. The van der Waals surface area contributed by atoms with Crippen LogP contribution >= 0.6 is 0 Å². The summed E-state index contributed by atoms with van der Waals surface area (Å²) in [4.78, 5) is 23.4. The molecule has 1 aromatic heterocycles. The van der Waals surface area contributed by atoms with Gasteiger partial charge in [-0.25, -0.2) is 9.97 Å². The average Bonchev–Trinajstić information content (AvgIpc) is 3.04. The highest BCUT2D eigenvalue weighted by Gasteiger charge is 2.28. The van der Waals surface area contributed by atoms with Crippen molar-refractivity contribution in [2.45, 2.75) is 25.8 Å². The minimum atomic E-state index is -0.146. The highest BCUT2D eigenvalue weighted by Crippen LogP contribution is 2.35. The lowest BCUT2D eigenvalue weighted by molar-refractivity contribution is 0.0953. The summed E-state index contributed by atoms with van der Waals surface area (Å²) in [5, 5.41) is 2.93. The van der Waals surface area contributed by atoms with Gasteiger partial charge in [-0.1, -0.05) is 48.5 Å². The number of para-hydroxylation sites is 1. The topological polar surface area (TPSA) is 58.1 Å². The average molecular weight is 358 g/mol. The Balaban J connectivity index is 1.41. The van der Waals surface area contributed by atoms with Crippen LogP contribution in [0.15, 0.2) is 67.0 Å².